The highest BCUT2D eigenvalue weighted by atomic mass is 79.9. The van der Waals surface area contributed by atoms with Crippen LogP contribution >= 0.6 is 27.5 Å². The van der Waals surface area contributed by atoms with Crippen molar-refractivity contribution in [2.24, 2.45) is 5.41 Å². The normalized spacial score (nSPS) is 11.6. The number of amides is 3. The van der Waals surface area contributed by atoms with E-state index in [1.807, 2.05) is 6.92 Å². The van der Waals surface area contributed by atoms with E-state index < -0.39 is 34.9 Å². The van der Waals surface area contributed by atoms with Crippen molar-refractivity contribution in [2.45, 2.75) is 67.9 Å². The molecule has 3 aromatic rings. The first-order valence-corrected chi connectivity index (χ1v) is 15.3. The van der Waals surface area contributed by atoms with Crippen LogP contribution in [-0.4, -0.2) is 52.5 Å². The topological polar surface area (TPSA) is 118 Å². The third-order valence-corrected chi connectivity index (χ3v) is 7.12. The number of ether oxygens (including phenoxy) is 2. The lowest BCUT2D eigenvalue weighted by Gasteiger charge is -2.29. The standard InChI is InChI=1S/C32H38BrClN4O6/c1-10-37(11-2)28(40)25-24(26(43-29(41)31(4,5)6)20-14-13-19(33)17-22(20)35-25)27(39)38(36-30(42)44-32(7,8)9)23-15-12-18(3)16-21(23)34/h12-17H,10-11H2,1-9H3,(H,36,42). The van der Waals surface area contributed by atoms with Crippen molar-refractivity contribution in [2.75, 3.05) is 18.1 Å². The van der Waals surface area contributed by atoms with Gasteiger partial charge < -0.3 is 14.4 Å². The minimum Gasteiger partial charge on any atom is -0.443 e. The minimum absolute atomic E-state index is 0.0957. The summed E-state index contributed by atoms with van der Waals surface area (Å²) in [5, 5.41) is 1.32. The zero-order valence-corrected chi connectivity index (χ0v) is 28.8. The van der Waals surface area contributed by atoms with E-state index >= 15 is 0 Å². The number of anilines is 1. The molecule has 236 valence electrons. The van der Waals surface area contributed by atoms with Crippen molar-refractivity contribution in [3.05, 3.63) is 62.7 Å². The summed E-state index contributed by atoms with van der Waals surface area (Å²) in [5.41, 5.74) is 1.22. The molecule has 44 heavy (non-hydrogen) atoms. The number of aromatic nitrogens is 1. The molecular formula is C32H38BrClN4O6. The van der Waals surface area contributed by atoms with Gasteiger partial charge in [-0.2, -0.15) is 0 Å². The van der Waals surface area contributed by atoms with Crippen LogP contribution in [0.15, 0.2) is 40.9 Å². The fraction of sp³-hybridized carbons (Fsp3) is 0.406. The molecule has 1 heterocycles. The van der Waals surface area contributed by atoms with Crippen LogP contribution in [-0.2, 0) is 9.53 Å². The second kappa shape index (κ2) is 13.5. The highest BCUT2D eigenvalue weighted by Gasteiger charge is 2.36. The van der Waals surface area contributed by atoms with Gasteiger partial charge in [0.1, 0.15) is 16.9 Å². The molecule has 0 radical (unpaired) electrons. The number of fused-ring (bicyclic) bond motifs is 1. The highest BCUT2D eigenvalue weighted by Crippen LogP contribution is 2.37. The first kappa shape index (κ1) is 34.8. The summed E-state index contributed by atoms with van der Waals surface area (Å²) < 4.78 is 12.1. The van der Waals surface area contributed by atoms with E-state index in [0.717, 1.165) is 10.6 Å². The summed E-state index contributed by atoms with van der Waals surface area (Å²) in [7, 11) is 0. The van der Waals surface area contributed by atoms with Crippen molar-refractivity contribution < 1.29 is 28.7 Å². The SMILES string of the molecule is CCN(CC)C(=O)c1nc2cc(Br)ccc2c(OC(=O)C(C)(C)C)c1C(=O)N(NC(=O)OC(C)(C)C)c1ccc(C)cc1Cl. The maximum Gasteiger partial charge on any atom is 0.427 e. The number of rotatable bonds is 6. The van der Waals surface area contributed by atoms with Gasteiger partial charge in [-0.1, -0.05) is 33.6 Å². The Morgan fingerprint density at radius 2 is 1.59 bits per heavy atom. The first-order valence-electron chi connectivity index (χ1n) is 14.1. The van der Waals surface area contributed by atoms with Gasteiger partial charge in [-0.3, -0.25) is 14.4 Å². The van der Waals surface area contributed by atoms with Crippen LogP contribution in [0.1, 0.15) is 81.8 Å². The van der Waals surface area contributed by atoms with E-state index in [1.165, 1.54) is 4.90 Å². The number of benzene rings is 2. The van der Waals surface area contributed by atoms with Gasteiger partial charge in [-0.05, 0) is 98.2 Å². The Balaban J connectivity index is 2.44. The Kier molecular flexibility index (Phi) is 10.7. The van der Waals surface area contributed by atoms with Crippen LogP contribution in [0, 0.1) is 12.3 Å². The van der Waals surface area contributed by atoms with Gasteiger partial charge in [0, 0.05) is 22.9 Å². The Labute approximate surface area is 271 Å². The summed E-state index contributed by atoms with van der Waals surface area (Å²) in [6.45, 7) is 16.1. The monoisotopic (exact) mass is 688 g/mol. The fourth-order valence-corrected chi connectivity index (χ4v) is 4.76. The smallest absolute Gasteiger partial charge is 0.427 e. The molecule has 1 N–H and O–H groups in total. The Bertz CT molecular complexity index is 1610. The lowest BCUT2D eigenvalue weighted by molar-refractivity contribution is -0.142. The zero-order valence-electron chi connectivity index (χ0n) is 26.4. The summed E-state index contributed by atoms with van der Waals surface area (Å²) in [5.74, 6) is -2.32. The number of carbonyl (C=O) groups is 4. The van der Waals surface area contributed by atoms with Crippen molar-refractivity contribution in [3.63, 3.8) is 0 Å². The Hall–Kier alpha value is -3.70. The molecule has 0 spiro atoms. The van der Waals surface area contributed by atoms with E-state index in [2.05, 4.69) is 26.3 Å². The molecule has 0 atom stereocenters. The maximum atomic E-state index is 14.8. The van der Waals surface area contributed by atoms with Gasteiger partial charge in [0.05, 0.1) is 21.6 Å². The van der Waals surface area contributed by atoms with Gasteiger partial charge >= 0.3 is 12.1 Å². The van der Waals surface area contributed by atoms with Crippen LogP contribution in [0.5, 0.6) is 5.75 Å². The van der Waals surface area contributed by atoms with Crippen LogP contribution in [0.3, 0.4) is 0 Å². The Morgan fingerprint density at radius 1 is 0.955 bits per heavy atom. The molecule has 0 aliphatic carbocycles. The van der Waals surface area contributed by atoms with Crippen LogP contribution in [0.2, 0.25) is 5.02 Å². The van der Waals surface area contributed by atoms with Gasteiger partial charge in [0.15, 0.2) is 5.75 Å². The first-order chi connectivity index (χ1) is 20.4. The molecule has 0 aliphatic rings. The molecule has 0 saturated carbocycles. The van der Waals surface area contributed by atoms with Crippen LogP contribution < -0.4 is 15.2 Å². The second-order valence-corrected chi connectivity index (χ2v) is 13.5. The molecule has 0 saturated heterocycles. The van der Waals surface area contributed by atoms with Crippen molar-refractivity contribution in [3.8, 4) is 5.75 Å². The summed E-state index contributed by atoms with van der Waals surface area (Å²) in [6, 6.07) is 9.86. The maximum absolute atomic E-state index is 14.8. The molecule has 1 aromatic heterocycles. The molecule has 3 amide bonds. The van der Waals surface area contributed by atoms with Crippen LogP contribution in [0.4, 0.5) is 10.5 Å². The Morgan fingerprint density at radius 3 is 2.14 bits per heavy atom. The van der Waals surface area contributed by atoms with Crippen molar-refractivity contribution in [1.29, 1.82) is 0 Å². The minimum atomic E-state index is -0.969. The predicted molar refractivity (Wildman–Crippen MR) is 174 cm³/mol. The molecule has 0 bridgehead atoms. The van der Waals surface area contributed by atoms with Crippen molar-refractivity contribution in [1.82, 2.24) is 15.3 Å². The molecule has 10 nitrogen and oxygen atoms in total. The molecule has 2 aromatic carbocycles. The molecule has 12 heteroatoms. The van der Waals surface area contributed by atoms with Gasteiger partial charge in [0.25, 0.3) is 11.8 Å². The number of nitrogens with one attached hydrogen (secondary N) is 1. The third-order valence-electron chi connectivity index (χ3n) is 6.32. The molecule has 0 fully saturated rings. The molecular weight excluding hydrogens is 652 g/mol. The molecule has 0 unspecified atom stereocenters. The fourth-order valence-electron chi connectivity index (χ4n) is 4.09. The van der Waals surface area contributed by atoms with Gasteiger partial charge in [-0.25, -0.2) is 20.2 Å². The number of halogens is 2. The number of pyridine rings is 1. The van der Waals surface area contributed by atoms with E-state index in [-0.39, 0.29) is 27.7 Å². The highest BCUT2D eigenvalue weighted by molar-refractivity contribution is 9.10. The number of aryl methyl sites for hydroxylation is 1. The molecule has 3 rings (SSSR count). The van der Waals surface area contributed by atoms with Crippen molar-refractivity contribution >= 4 is 68.0 Å². The summed E-state index contributed by atoms with van der Waals surface area (Å²) >= 11 is 10.0. The average molecular weight is 690 g/mol. The second-order valence-electron chi connectivity index (χ2n) is 12.2. The summed E-state index contributed by atoms with van der Waals surface area (Å²) in [6.07, 6.45) is -0.954. The number of nitrogens with zero attached hydrogens (tertiary/aromatic N) is 3. The number of hydrazine groups is 1. The number of carbonyl (C=O) groups excluding carboxylic acids is 4. The largest absolute Gasteiger partial charge is 0.443 e. The number of esters is 1. The lowest BCUT2D eigenvalue weighted by atomic mass is 9.97. The van der Waals surface area contributed by atoms with E-state index in [1.54, 1.807) is 91.8 Å². The van der Waals surface area contributed by atoms with Gasteiger partial charge in [0.2, 0.25) is 0 Å². The van der Waals surface area contributed by atoms with E-state index in [0.29, 0.717) is 28.5 Å². The van der Waals surface area contributed by atoms with Gasteiger partial charge in [-0.15, -0.1) is 0 Å². The van der Waals surface area contributed by atoms with E-state index in [4.69, 9.17) is 21.1 Å². The third kappa shape index (κ3) is 8.06. The number of hydrogen-bond acceptors (Lipinski definition) is 7. The summed E-state index contributed by atoms with van der Waals surface area (Å²) in [4.78, 5) is 61.2. The average Bonchev–Trinajstić information content (AvgIpc) is 2.90. The van der Waals surface area contributed by atoms with E-state index in [9.17, 15) is 19.2 Å². The zero-order chi connectivity index (χ0) is 33.1. The quantitative estimate of drug-likeness (QED) is 0.211. The lowest BCUT2D eigenvalue weighted by Crippen LogP contribution is -2.49. The molecule has 0 aliphatic heterocycles. The van der Waals surface area contributed by atoms with Crippen LogP contribution in [0.25, 0.3) is 10.9 Å². The predicted octanol–water partition coefficient (Wildman–Crippen LogP) is 7.48. The number of hydrogen-bond donors (Lipinski definition) is 1.